The Labute approximate surface area is 121 Å². The highest BCUT2D eigenvalue weighted by molar-refractivity contribution is 5.39. The van der Waals surface area contributed by atoms with Crippen molar-refractivity contribution in [3.05, 3.63) is 65.2 Å². The minimum absolute atomic E-state index is 0.612. The lowest BCUT2D eigenvalue weighted by molar-refractivity contribution is 0.414. The largest absolute Gasteiger partial charge is 0.497 e. The smallest absolute Gasteiger partial charge is 0.118 e. The van der Waals surface area contributed by atoms with Crippen molar-refractivity contribution in [3.63, 3.8) is 0 Å². The van der Waals surface area contributed by atoms with Crippen molar-refractivity contribution in [2.75, 3.05) is 7.11 Å². The summed E-state index contributed by atoms with van der Waals surface area (Å²) in [5, 5.41) is 0. The van der Waals surface area contributed by atoms with E-state index in [9.17, 15) is 0 Å². The molecule has 0 aromatic heterocycles. The molecule has 0 amide bonds. The third-order valence-corrected chi connectivity index (χ3v) is 4.37. The lowest BCUT2D eigenvalue weighted by atomic mass is 9.99. The van der Waals surface area contributed by atoms with E-state index in [4.69, 9.17) is 4.74 Å². The van der Waals surface area contributed by atoms with Gasteiger partial charge in [0.15, 0.2) is 0 Å². The van der Waals surface area contributed by atoms with Crippen LogP contribution in [0.15, 0.2) is 48.5 Å². The fourth-order valence-corrected chi connectivity index (χ4v) is 2.91. The number of ether oxygens (including phenoxy) is 1. The van der Waals surface area contributed by atoms with Gasteiger partial charge in [0.25, 0.3) is 0 Å². The minimum Gasteiger partial charge on any atom is -0.497 e. The highest BCUT2D eigenvalue weighted by atomic mass is 16.5. The molecule has 2 unspecified atom stereocenters. The molecule has 1 nitrogen and oxygen atoms in total. The molecule has 0 heterocycles. The molecule has 2 aromatic carbocycles. The van der Waals surface area contributed by atoms with E-state index in [2.05, 4.69) is 62.4 Å². The maximum absolute atomic E-state index is 5.22. The SMILES string of the molecule is COc1ccc(C2CC2c2ccc(C(C)C)cc2)cc1. The number of rotatable bonds is 4. The molecule has 2 aromatic rings. The van der Waals surface area contributed by atoms with Crippen LogP contribution in [0.2, 0.25) is 0 Å². The van der Waals surface area contributed by atoms with Gasteiger partial charge in [-0.3, -0.25) is 0 Å². The fourth-order valence-electron chi connectivity index (χ4n) is 2.91. The highest BCUT2D eigenvalue weighted by Crippen LogP contribution is 2.54. The molecule has 0 spiro atoms. The summed E-state index contributed by atoms with van der Waals surface area (Å²) in [5.74, 6) is 2.93. The van der Waals surface area contributed by atoms with Crippen LogP contribution >= 0.6 is 0 Å². The van der Waals surface area contributed by atoms with Gasteiger partial charge < -0.3 is 4.74 Å². The Bertz CT molecular complexity index is 566. The van der Waals surface area contributed by atoms with Crippen LogP contribution in [0.5, 0.6) is 5.75 Å². The van der Waals surface area contributed by atoms with Crippen LogP contribution in [-0.4, -0.2) is 7.11 Å². The predicted molar refractivity (Wildman–Crippen MR) is 83.6 cm³/mol. The van der Waals surface area contributed by atoms with Gasteiger partial charge in [-0.05, 0) is 53.0 Å². The van der Waals surface area contributed by atoms with Gasteiger partial charge in [0.2, 0.25) is 0 Å². The second-order valence-corrected chi connectivity index (χ2v) is 6.04. The maximum Gasteiger partial charge on any atom is 0.118 e. The Hall–Kier alpha value is -1.76. The quantitative estimate of drug-likeness (QED) is 0.749. The molecule has 0 bridgehead atoms. The van der Waals surface area contributed by atoms with Crippen LogP contribution in [0.3, 0.4) is 0 Å². The van der Waals surface area contributed by atoms with E-state index in [-0.39, 0.29) is 0 Å². The van der Waals surface area contributed by atoms with E-state index in [1.165, 1.54) is 23.1 Å². The van der Waals surface area contributed by atoms with Crippen molar-refractivity contribution in [3.8, 4) is 5.75 Å². The van der Waals surface area contributed by atoms with Crippen LogP contribution in [-0.2, 0) is 0 Å². The number of hydrogen-bond acceptors (Lipinski definition) is 1. The number of benzene rings is 2. The highest BCUT2D eigenvalue weighted by Gasteiger charge is 2.39. The molecule has 0 N–H and O–H groups in total. The second-order valence-electron chi connectivity index (χ2n) is 6.04. The van der Waals surface area contributed by atoms with E-state index < -0.39 is 0 Å². The Morgan fingerprint density at radius 1 is 0.850 bits per heavy atom. The lowest BCUT2D eigenvalue weighted by Gasteiger charge is -2.07. The Morgan fingerprint density at radius 2 is 1.35 bits per heavy atom. The van der Waals surface area contributed by atoms with E-state index in [1.54, 1.807) is 7.11 Å². The molecule has 1 fully saturated rings. The first-order valence-corrected chi connectivity index (χ1v) is 7.43. The summed E-state index contributed by atoms with van der Waals surface area (Å²) in [4.78, 5) is 0. The molecule has 1 heteroatoms. The van der Waals surface area contributed by atoms with Gasteiger partial charge in [-0.25, -0.2) is 0 Å². The van der Waals surface area contributed by atoms with E-state index in [0.717, 1.165) is 5.75 Å². The summed E-state index contributed by atoms with van der Waals surface area (Å²) in [6.07, 6.45) is 1.27. The Balaban J connectivity index is 1.71. The van der Waals surface area contributed by atoms with Gasteiger partial charge in [-0.1, -0.05) is 50.2 Å². The summed E-state index contributed by atoms with van der Waals surface area (Å²) >= 11 is 0. The minimum atomic E-state index is 0.612. The van der Waals surface area contributed by atoms with Crippen LogP contribution < -0.4 is 4.74 Å². The fraction of sp³-hybridized carbons (Fsp3) is 0.368. The standard InChI is InChI=1S/C19H22O/c1-13(2)14-4-6-15(7-5-14)18-12-19(18)16-8-10-17(20-3)11-9-16/h4-11,13,18-19H,12H2,1-3H3. The van der Waals surface area contributed by atoms with Crippen molar-refractivity contribution in [2.24, 2.45) is 0 Å². The molecule has 0 aliphatic heterocycles. The van der Waals surface area contributed by atoms with Crippen molar-refractivity contribution in [1.29, 1.82) is 0 Å². The number of methoxy groups -OCH3 is 1. The monoisotopic (exact) mass is 266 g/mol. The van der Waals surface area contributed by atoms with Crippen LogP contribution in [0.4, 0.5) is 0 Å². The van der Waals surface area contributed by atoms with Crippen LogP contribution in [0.1, 0.15) is 54.7 Å². The number of hydrogen-bond donors (Lipinski definition) is 0. The molecule has 1 saturated carbocycles. The summed E-state index contributed by atoms with van der Waals surface area (Å²) in [7, 11) is 1.71. The molecular formula is C19H22O. The molecule has 2 atom stereocenters. The Morgan fingerprint density at radius 3 is 1.80 bits per heavy atom. The molecule has 20 heavy (non-hydrogen) atoms. The van der Waals surface area contributed by atoms with Crippen LogP contribution in [0, 0.1) is 0 Å². The average Bonchev–Trinajstić information content (AvgIpc) is 3.28. The van der Waals surface area contributed by atoms with Crippen molar-refractivity contribution in [2.45, 2.75) is 38.0 Å². The zero-order chi connectivity index (χ0) is 14.1. The van der Waals surface area contributed by atoms with Gasteiger partial charge in [0, 0.05) is 0 Å². The molecule has 1 aliphatic carbocycles. The molecular weight excluding hydrogens is 244 g/mol. The first-order valence-electron chi connectivity index (χ1n) is 7.43. The van der Waals surface area contributed by atoms with E-state index in [0.29, 0.717) is 17.8 Å². The van der Waals surface area contributed by atoms with Gasteiger partial charge in [-0.2, -0.15) is 0 Å². The normalized spacial score (nSPS) is 21.0. The summed E-state index contributed by atoms with van der Waals surface area (Å²) in [5.41, 5.74) is 4.34. The zero-order valence-electron chi connectivity index (χ0n) is 12.5. The lowest BCUT2D eigenvalue weighted by Crippen LogP contribution is -1.89. The first-order chi connectivity index (χ1) is 9.69. The maximum atomic E-state index is 5.22. The third-order valence-electron chi connectivity index (χ3n) is 4.37. The van der Waals surface area contributed by atoms with Gasteiger partial charge in [0.05, 0.1) is 7.11 Å². The zero-order valence-corrected chi connectivity index (χ0v) is 12.5. The molecule has 104 valence electrons. The van der Waals surface area contributed by atoms with Gasteiger partial charge in [-0.15, -0.1) is 0 Å². The topological polar surface area (TPSA) is 9.23 Å². The van der Waals surface area contributed by atoms with Gasteiger partial charge in [0.1, 0.15) is 5.75 Å². The van der Waals surface area contributed by atoms with Crippen LogP contribution in [0.25, 0.3) is 0 Å². The summed E-state index contributed by atoms with van der Waals surface area (Å²) in [6, 6.07) is 17.7. The van der Waals surface area contributed by atoms with E-state index in [1.807, 2.05) is 0 Å². The van der Waals surface area contributed by atoms with Crippen molar-refractivity contribution < 1.29 is 4.74 Å². The molecule has 0 radical (unpaired) electrons. The molecule has 0 saturated heterocycles. The van der Waals surface area contributed by atoms with Crippen molar-refractivity contribution in [1.82, 2.24) is 0 Å². The van der Waals surface area contributed by atoms with Crippen molar-refractivity contribution >= 4 is 0 Å². The third kappa shape index (κ3) is 2.58. The second kappa shape index (κ2) is 5.32. The summed E-state index contributed by atoms with van der Waals surface area (Å²) < 4.78 is 5.22. The predicted octanol–water partition coefficient (Wildman–Crippen LogP) is 5.09. The first kappa shape index (κ1) is 13.2. The Kier molecular flexibility index (Phi) is 3.52. The van der Waals surface area contributed by atoms with E-state index >= 15 is 0 Å². The summed E-state index contributed by atoms with van der Waals surface area (Å²) in [6.45, 7) is 4.48. The average molecular weight is 266 g/mol. The molecule has 3 rings (SSSR count). The van der Waals surface area contributed by atoms with Gasteiger partial charge >= 0.3 is 0 Å². The molecule has 1 aliphatic rings.